The molecular weight excluding hydrogens is 232 g/mol. The van der Waals surface area contributed by atoms with Gasteiger partial charge in [0.2, 0.25) is 5.91 Å². The standard InChI is InChI=1S/C13H26N2OS/c1-15(11-7-5-3-4-6-8-11)13(16)12(14)9-10-17-2/h11-12H,3-10,14H2,1-2H3/t12-/m1/s1. The molecule has 1 saturated carbocycles. The molecule has 0 spiro atoms. The molecular formula is C13H26N2OS. The fourth-order valence-electron chi connectivity index (χ4n) is 2.45. The van der Waals surface area contributed by atoms with Crippen LogP contribution >= 0.6 is 11.8 Å². The van der Waals surface area contributed by atoms with Gasteiger partial charge < -0.3 is 10.6 Å². The van der Waals surface area contributed by atoms with Gasteiger partial charge in [0.05, 0.1) is 6.04 Å². The van der Waals surface area contributed by atoms with E-state index in [0.717, 1.165) is 25.0 Å². The summed E-state index contributed by atoms with van der Waals surface area (Å²) in [7, 11) is 1.93. The van der Waals surface area contributed by atoms with Crippen molar-refractivity contribution in [3.05, 3.63) is 0 Å². The summed E-state index contributed by atoms with van der Waals surface area (Å²) < 4.78 is 0. The highest BCUT2D eigenvalue weighted by molar-refractivity contribution is 7.98. The van der Waals surface area contributed by atoms with Gasteiger partial charge in [-0.15, -0.1) is 0 Å². The van der Waals surface area contributed by atoms with E-state index >= 15 is 0 Å². The Morgan fingerprint density at radius 1 is 1.35 bits per heavy atom. The van der Waals surface area contributed by atoms with Crippen LogP contribution < -0.4 is 5.73 Å². The van der Waals surface area contributed by atoms with Crippen molar-refractivity contribution in [1.82, 2.24) is 4.90 Å². The summed E-state index contributed by atoms with van der Waals surface area (Å²) in [5.41, 5.74) is 5.95. The predicted octanol–water partition coefficient (Wildman–Crippen LogP) is 2.25. The van der Waals surface area contributed by atoms with Crippen LogP contribution in [-0.2, 0) is 4.79 Å². The molecule has 2 N–H and O–H groups in total. The number of likely N-dealkylation sites (N-methyl/N-ethyl adjacent to an activating group) is 1. The number of carbonyl (C=O) groups is 1. The van der Waals surface area contributed by atoms with Crippen LogP contribution in [0.4, 0.5) is 0 Å². The lowest BCUT2D eigenvalue weighted by Crippen LogP contribution is -2.46. The van der Waals surface area contributed by atoms with E-state index in [1.165, 1.54) is 25.7 Å². The summed E-state index contributed by atoms with van der Waals surface area (Å²) in [6, 6.07) is 0.112. The fraction of sp³-hybridized carbons (Fsp3) is 0.923. The van der Waals surface area contributed by atoms with Gasteiger partial charge in [-0.3, -0.25) is 4.79 Å². The van der Waals surface area contributed by atoms with Crippen molar-refractivity contribution in [2.24, 2.45) is 5.73 Å². The molecule has 1 rings (SSSR count). The van der Waals surface area contributed by atoms with Crippen LogP contribution in [0.3, 0.4) is 0 Å². The van der Waals surface area contributed by atoms with E-state index in [2.05, 4.69) is 0 Å². The van der Waals surface area contributed by atoms with E-state index < -0.39 is 0 Å². The molecule has 0 bridgehead atoms. The van der Waals surface area contributed by atoms with Crippen molar-refractivity contribution in [3.8, 4) is 0 Å². The van der Waals surface area contributed by atoms with Crippen molar-refractivity contribution in [1.29, 1.82) is 0 Å². The SMILES string of the molecule is CSCC[C@@H](N)C(=O)N(C)C1CCCCCC1. The molecule has 0 aliphatic heterocycles. The highest BCUT2D eigenvalue weighted by Gasteiger charge is 2.24. The number of hydrogen-bond donors (Lipinski definition) is 1. The maximum atomic E-state index is 12.2. The molecule has 17 heavy (non-hydrogen) atoms. The van der Waals surface area contributed by atoms with Crippen LogP contribution in [0.15, 0.2) is 0 Å². The quantitative estimate of drug-likeness (QED) is 0.769. The number of rotatable bonds is 5. The minimum Gasteiger partial charge on any atom is -0.341 e. The fourth-order valence-corrected chi connectivity index (χ4v) is 2.94. The number of nitrogens with zero attached hydrogens (tertiary/aromatic N) is 1. The summed E-state index contributed by atoms with van der Waals surface area (Å²) in [5, 5.41) is 0. The first-order valence-electron chi connectivity index (χ1n) is 6.68. The normalized spacial score (nSPS) is 19.7. The number of amides is 1. The van der Waals surface area contributed by atoms with Gasteiger partial charge in [-0.05, 0) is 31.3 Å². The average Bonchev–Trinajstić information content (AvgIpc) is 2.62. The summed E-state index contributed by atoms with van der Waals surface area (Å²) in [6.45, 7) is 0. The van der Waals surface area contributed by atoms with Gasteiger partial charge in [-0.2, -0.15) is 11.8 Å². The second kappa shape index (κ2) is 7.98. The predicted molar refractivity (Wildman–Crippen MR) is 75.2 cm³/mol. The summed E-state index contributed by atoms with van der Waals surface area (Å²) >= 11 is 1.75. The zero-order chi connectivity index (χ0) is 12.7. The molecule has 0 unspecified atom stereocenters. The van der Waals surface area contributed by atoms with E-state index in [-0.39, 0.29) is 11.9 Å². The molecule has 0 aromatic heterocycles. The molecule has 1 aliphatic rings. The molecule has 4 heteroatoms. The van der Waals surface area contributed by atoms with Crippen LogP contribution in [0.1, 0.15) is 44.9 Å². The Kier molecular flexibility index (Phi) is 6.97. The molecule has 0 aromatic carbocycles. The van der Waals surface area contributed by atoms with Crippen LogP contribution in [-0.4, -0.2) is 41.9 Å². The Bertz CT molecular complexity index is 227. The number of carbonyl (C=O) groups excluding carboxylic acids is 1. The maximum absolute atomic E-state index is 12.2. The Hall–Kier alpha value is -0.220. The Labute approximate surface area is 109 Å². The summed E-state index contributed by atoms with van der Waals surface area (Å²) in [5.74, 6) is 1.09. The lowest BCUT2D eigenvalue weighted by Gasteiger charge is -2.29. The van der Waals surface area contributed by atoms with Crippen molar-refractivity contribution in [2.75, 3.05) is 19.1 Å². The second-order valence-corrected chi connectivity index (χ2v) is 5.97. The topological polar surface area (TPSA) is 46.3 Å². The van der Waals surface area contributed by atoms with Gasteiger partial charge in [0.25, 0.3) is 0 Å². The van der Waals surface area contributed by atoms with E-state index in [1.807, 2.05) is 18.2 Å². The Morgan fingerprint density at radius 3 is 2.47 bits per heavy atom. The molecule has 1 atom stereocenters. The van der Waals surface area contributed by atoms with Crippen LogP contribution in [0.5, 0.6) is 0 Å². The smallest absolute Gasteiger partial charge is 0.239 e. The van der Waals surface area contributed by atoms with Crippen LogP contribution in [0.25, 0.3) is 0 Å². The number of hydrogen-bond acceptors (Lipinski definition) is 3. The first-order valence-corrected chi connectivity index (χ1v) is 8.07. The number of nitrogens with two attached hydrogens (primary N) is 1. The van der Waals surface area contributed by atoms with E-state index in [0.29, 0.717) is 6.04 Å². The van der Waals surface area contributed by atoms with Gasteiger partial charge in [0, 0.05) is 13.1 Å². The van der Waals surface area contributed by atoms with E-state index in [9.17, 15) is 4.79 Å². The lowest BCUT2D eigenvalue weighted by atomic mass is 10.1. The summed E-state index contributed by atoms with van der Waals surface area (Å²) in [4.78, 5) is 14.1. The third-order valence-corrected chi connectivity index (χ3v) is 4.31. The molecule has 0 heterocycles. The maximum Gasteiger partial charge on any atom is 0.239 e. The molecule has 1 amide bonds. The molecule has 0 saturated heterocycles. The van der Waals surface area contributed by atoms with E-state index in [1.54, 1.807) is 11.8 Å². The molecule has 0 aromatic rings. The second-order valence-electron chi connectivity index (χ2n) is 4.98. The minimum absolute atomic E-state index is 0.131. The average molecular weight is 258 g/mol. The Morgan fingerprint density at radius 2 is 1.94 bits per heavy atom. The zero-order valence-corrected chi connectivity index (χ0v) is 12.0. The van der Waals surface area contributed by atoms with Crippen LogP contribution in [0.2, 0.25) is 0 Å². The first kappa shape index (κ1) is 14.8. The van der Waals surface area contributed by atoms with Gasteiger partial charge in [0.15, 0.2) is 0 Å². The third kappa shape index (κ3) is 4.88. The molecule has 3 nitrogen and oxygen atoms in total. The van der Waals surface area contributed by atoms with Crippen molar-refractivity contribution in [2.45, 2.75) is 57.0 Å². The highest BCUT2D eigenvalue weighted by Crippen LogP contribution is 2.21. The van der Waals surface area contributed by atoms with Gasteiger partial charge in [-0.25, -0.2) is 0 Å². The number of thioether (sulfide) groups is 1. The molecule has 1 aliphatic carbocycles. The van der Waals surface area contributed by atoms with Crippen molar-refractivity contribution < 1.29 is 4.79 Å². The van der Waals surface area contributed by atoms with Gasteiger partial charge in [0.1, 0.15) is 0 Å². The lowest BCUT2D eigenvalue weighted by molar-refractivity contribution is -0.133. The van der Waals surface area contributed by atoms with Crippen LogP contribution in [0, 0.1) is 0 Å². The van der Waals surface area contributed by atoms with Crippen molar-refractivity contribution in [3.63, 3.8) is 0 Å². The molecule has 1 fully saturated rings. The monoisotopic (exact) mass is 258 g/mol. The Balaban J connectivity index is 2.43. The third-order valence-electron chi connectivity index (χ3n) is 3.67. The highest BCUT2D eigenvalue weighted by atomic mass is 32.2. The summed E-state index contributed by atoms with van der Waals surface area (Å²) in [6.07, 6.45) is 10.3. The van der Waals surface area contributed by atoms with Gasteiger partial charge >= 0.3 is 0 Å². The van der Waals surface area contributed by atoms with E-state index in [4.69, 9.17) is 5.73 Å². The largest absolute Gasteiger partial charge is 0.341 e. The minimum atomic E-state index is -0.310. The van der Waals surface area contributed by atoms with Crippen molar-refractivity contribution >= 4 is 17.7 Å². The zero-order valence-electron chi connectivity index (χ0n) is 11.2. The first-order chi connectivity index (χ1) is 8.16. The molecule has 0 radical (unpaired) electrons. The van der Waals surface area contributed by atoms with Gasteiger partial charge in [-0.1, -0.05) is 25.7 Å². The molecule has 100 valence electrons.